The molecule has 2 aliphatic heterocycles. The highest BCUT2D eigenvalue weighted by Gasteiger charge is 2.39. The van der Waals surface area contributed by atoms with Crippen LogP contribution in [-0.4, -0.2) is 57.3 Å². The predicted octanol–water partition coefficient (Wildman–Crippen LogP) is 3.09. The zero-order valence-electron chi connectivity index (χ0n) is 20.0. The molecule has 2 N–H and O–H groups in total. The Morgan fingerprint density at radius 3 is 2.61 bits per heavy atom. The van der Waals surface area contributed by atoms with Gasteiger partial charge in [0.2, 0.25) is 11.8 Å². The van der Waals surface area contributed by atoms with E-state index in [1.165, 1.54) is 29.2 Å². The molecule has 1 aromatic carbocycles. The van der Waals surface area contributed by atoms with Gasteiger partial charge < -0.3 is 15.5 Å². The molecule has 7 nitrogen and oxygen atoms in total. The highest BCUT2D eigenvalue weighted by atomic mass is 19.4. The molecule has 11 heteroatoms. The average Bonchev–Trinajstić information content (AvgIpc) is 2.81. The van der Waals surface area contributed by atoms with Gasteiger partial charge in [-0.2, -0.15) is 13.2 Å². The number of carbonyl (C=O) groups is 2. The van der Waals surface area contributed by atoms with E-state index in [2.05, 4.69) is 16.9 Å². The van der Waals surface area contributed by atoms with Gasteiger partial charge in [0.05, 0.1) is 12.2 Å². The monoisotopic (exact) mass is 507 g/mol. The lowest BCUT2D eigenvalue weighted by atomic mass is 9.98. The Labute approximate surface area is 206 Å². The number of nitrogens with zero attached hydrogens (tertiary/aromatic N) is 4. The normalized spacial score (nSPS) is 19.3. The van der Waals surface area contributed by atoms with Crippen LogP contribution in [0.4, 0.5) is 17.6 Å². The summed E-state index contributed by atoms with van der Waals surface area (Å²) in [5.41, 5.74) is 5.90. The van der Waals surface area contributed by atoms with E-state index >= 15 is 0 Å². The molecule has 0 bridgehead atoms. The van der Waals surface area contributed by atoms with Gasteiger partial charge in [-0.25, -0.2) is 14.4 Å². The summed E-state index contributed by atoms with van der Waals surface area (Å²) in [6, 6.07) is 4.81. The van der Waals surface area contributed by atoms with Crippen molar-refractivity contribution < 1.29 is 27.2 Å². The van der Waals surface area contributed by atoms with Crippen LogP contribution >= 0.6 is 0 Å². The van der Waals surface area contributed by atoms with Crippen molar-refractivity contribution in [1.29, 1.82) is 0 Å². The lowest BCUT2D eigenvalue weighted by Gasteiger charge is -2.34. The van der Waals surface area contributed by atoms with E-state index in [0.29, 0.717) is 24.4 Å². The van der Waals surface area contributed by atoms with Gasteiger partial charge >= 0.3 is 6.18 Å². The first kappa shape index (κ1) is 26.0. The van der Waals surface area contributed by atoms with Crippen molar-refractivity contribution in [3.63, 3.8) is 0 Å². The molecule has 4 rings (SSSR count). The fourth-order valence-electron chi connectivity index (χ4n) is 4.77. The smallest absolute Gasteiger partial charge is 0.341 e. The molecule has 0 radical (unpaired) electrons. The maximum atomic E-state index is 13.8. The Morgan fingerprint density at radius 1 is 1.19 bits per heavy atom. The maximum absolute atomic E-state index is 13.8. The minimum Gasteiger partial charge on any atom is -0.341 e. The van der Waals surface area contributed by atoms with Crippen molar-refractivity contribution in [2.75, 3.05) is 19.6 Å². The summed E-state index contributed by atoms with van der Waals surface area (Å²) >= 11 is 0. The van der Waals surface area contributed by atoms with E-state index in [0.717, 1.165) is 6.42 Å². The summed E-state index contributed by atoms with van der Waals surface area (Å²) in [5, 5.41) is 0. The second-order valence-corrected chi connectivity index (χ2v) is 9.69. The molecule has 1 fully saturated rings. The Morgan fingerprint density at radius 2 is 1.92 bits per heavy atom. The molecule has 1 unspecified atom stereocenters. The Hall–Kier alpha value is -3.08. The molecule has 3 heterocycles. The molecule has 0 saturated carbocycles. The van der Waals surface area contributed by atoms with Gasteiger partial charge in [-0.15, -0.1) is 0 Å². The molecule has 2 aromatic rings. The van der Waals surface area contributed by atoms with E-state index in [1.54, 1.807) is 4.90 Å². The minimum absolute atomic E-state index is 0.00224. The number of rotatable bonds is 6. The van der Waals surface area contributed by atoms with Crippen molar-refractivity contribution in [2.45, 2.75) is 57.8 Å². The van der Waals surface area contributed by atoms with Crippen molar-refractivity contribution in [1.82, 2.24) is 19.8 Å². The van der Waals surface area contributed by atoms with Gasteiger partial charge in [0.15, 0.2) is 5.69 Å². The molecule has 1 saturated heterocycles. The molecule has 0 spiro atoms. The zero-order valence-corrected chi connectivity index (χ0v) is 20.0. The van der Waals surface area contributed by atoms with Crippen LogP contribution in [-0.2, 0) is 35.2 Å². The minimum atomic E-state index is -4.67. The summed E-state index contributed by atoms with van der Waals surface area (Å²) < 4.78 is 54.6. The fraction of sp³-hybridized carbons (Fsp3) is 0.520. The molecule has 194 valence electrons. The van der Waals surface area contributed by atoms with Gasteiger partial charge in [0.25, 0.3) is 0 Å². The Kier molecular flexibility index (Phi) is 7.58. The van der Waals surface area contributed by atoms with E-state index in [1.807, 2.05) is 0 Å². The summed E-state index contributed by atoms with van der Waals surface area (Å²) in [6.45, 7) is 2.95. The van der Waals surface area contributed by atoms with Crippen molar-refractivity contribution in [3.8, 4) is 0 Å². The summed E-state index contributed by atoms with van der Waals surface area (Å²) in [5.74, 6) is -0.397. The average molecular weight is 508 g/mol. The number of fused-ring (bicyclic) bond motifs is 1. The molecule has 2 atom stereocenters. The summed E-state index contributed by atoms with van der Waals surface area (Å²) in [7, 11) is 0. The third-order valence-electron chi connectivity index (χ3n) is 6.64. The van der Waals surface area contributed by atoms with E-state index in [4.69, 9.17) is 5.73 Å². The zero-order chi connectivity index (χ0) is 26.0. The third-order valence-corrected chi connectivity index (χ3v) is 6.64. The number of alkyl halides is 3. The number of amides is 2. The number of nitrogens with two attached hydrogens (primary N) is 1. The van der Waals surface area contributed by atoms with Crippen LogP contribution in [0, 0.1) is 11.7 Å². The number of aromatic nitrogens is 2. The Balaban J connectivity index is 1.47. The van der Waals surface area contributed by atoms with Gasteiger partial charge in [0, 0.05) is 50.5 Å². The van der Waals surface area contributed by atoms with E-state index in [9.17, 15) is 27.2 Å². The largest absolute Gasteiger partial charge is 0.433 e. The Bertz CT molecular complexity index is 1120. The topological polar surface area (TPSA) is 92.4 Å². The van der Waals surface area contributed by atoms with Crippen LogP contribution in [0.5, 0.6) is 0 Å². The second kappa shape index (κ2) is 10.5. The number of halogens is 4. The lowest BCUT2D eigenvalue weighted by molar-refractivity contribution is -0.142. The second-order valence-electron chi connectivity index (χ2n) is 9.69. The van der Waals surface area contributed by atoms with Crippen LogP contribution in [0.25, 0.3) is 0 Å². The number of hydrogen-bond acceptors (Lipinski definition) is 5. The van der Waals surface area contributed by atoms with Gasteiger partial charge in [-0.1, -0.05) is 19.1 Å². The third kappa shape index (κ3) is 6.18. The molecule has 2 aliphatic rings. The van der Waals surface area contributed by atoms with Crippen LogP contribution in [0.1, 0.15) is 54.5 Å². The maximum Gasteiger partial charge on any atom is 0.433 e. The highest BCUT2D eigenvalue weighted by molar-refractivity contribution is 5.78. The summed E-state index contributed by atoms with van der Waals surface area (Å²) in [4.78, 5) is 36.3. The van der Waals surface area contributed by atoms with Crippen LogP contribution in [0.2, 0.25) is 0 Å². The quantitative estimate of drug-likeness (QED) is 0.607. The first-order chi connectivity index (χ1) is 17.0. The van der Waals surface area contributed by atoms with Gasteiger partial charge in [0.1, 0.15) is 11.6 Å². The van der Waals surface area contributed by atoms with E-state index < -0.39 is 23.7 Å². The highest BCUT2D eigenvalue weighted by Crippen LogP contribution is 2.34. The van der Waals surface area contributed by atoms with Crippen molar-refractivity contribution >= 4 is 11.8 Å². The van der Waals surface area contributed by atoms with E-state index in [-0.39, 0.29) is 67.8 Å². The number of hydrogen-bond donors (Lipinski definition) is 1. The number of benzene rings is 1. The number of piperidine rings is 1. The van der Waals surface area contributed by atoms with Gasteiger partial charge in [-0.05, 0) is 36.5 Å². The van der Waals surface area contributed by atoms with Crippen LogP contribution in [0.15, 0.2) is 24.3 Å². The number of carbonyl (C=O) groups excluding carboxylic acids is 2. The van der Waals surface area contributed by atoms with Crippen LogP contribution in [0.3, 0.4) is 0 Å². The molecule has 2 amide bonds. The van der Waals surface area contributed by atoms with Gasteiger partial charge in [-0.3, -0.25) is 9.59 Å². The van der Waals surface area contributed by atoms with Crippen LogP contribution < -0.4 is 5.73 Å². The lowest BCUT2D eigenvalue weighted by Crippen LogP contribution is -2.48. The number of likely N-dealkylation sites (tertiary alicyclic amines) is 1. The summed E-state index contributed by atoms with van der Waals surface area (Å²) in [6.07, 6.45) is -3.42. The predicted molar refractivity (Wildman–Crippen MR) is 123 cm³/mol. The van der Waals surface area contributed by atoms with Crippen molar-refractivity contribution in [2.24, 2.45) is 11.7 Å². The fourth-order valence-corrected chi connectivity index (χ4v) is 4.77. The molecular weight excluding hydrogens is 478 g/mol. The molecule has 36 heavy (non-hydrogen) atoms. The first-order valence-electron chi connectivity index (χ1n) is 12.0. The standard InChI is InChI=1S/C25H29F4N5O2/c1-15-2-7-22(35)34(12-15)13-18(30)11-23(36)33-9-8-19-20(14-33)31-21(32-24(19)25(27,28)29)10-16-3-5-17(26)6-4-16/h3-6,15,18H,2,7-14,30H2,1H3/t15?,18-/m0/s1. The SMILES string of the molecule is CC1CCC(=O)N(C[C@@H](N)CC(=O)N2CCc3c(nc(Cc4ccc(F)cc4)nc3C(F)(F)F)C2)C1. The first-order valence-corrected chi connectivity index (χ1v) is 12.0. The molecule has 0 aliphatic carbocycles. The molecular formula is C25H29F4N5O2. The molecule has 1 aromatic heterocycles. The van der Waals surface area contributed by atoms with Crippen molar-refractivity contribution in [3.05, 3.63) is 58.4 Å².